The number of hydrogen-bond donors (Lipinski definition) is 1. The third-order valence-corrected chi connectivity index (χ3v) is 5.24. The van der Waals surface area contributed by atoms with Gasteiger partial charge in [-0.1, -0.05) is 33.6 Å². The molecule has 0 amide bonds. The lowest BCUT2D eigenvalue weighted by Gasteiger charge is -2.40. The van der Waals surface area contributed by atoms with Crippen LogP contribution in [0.3, 0.4) is 0 Å². The van der Waals surface area contributed by atoms with Gasteiger partial charge >= 0.3 is 0 Å². The van der Waals surface area contributed by atoms with Gasteiger partial charge in [0.1, 0.15) is 0 Å². The van der Waals surface area contributed by atoms with Crippen molar-refractivity contribution in [2.45, 2.75) is 78.2 Å². The Morgan fingerprint density at radius 3 is 2.06 bits per heavy atom. The molecule has 100 valence electrons. The first-order valence-electron chi connectivity index (χ1n) is 7.86. The van der Waals surface area contributed by atoms with E-state index >= 15 is 0 Å². The molecule has 0 aromatic heterocycles. The fraction of sp³-hybridized carbons (Fsp3) is 1.00. The van der Waals surface area contributed by atoms with Crippen LogP contribution in [-0.4, -0.2) is 12.6 Å². The fourth-order valence-corrected chi connectivity index (χ4v) is 4.05. The Morgan fingerprint density at radius 1 is 1.00 bits per heavy atom. The first-order valence-corrected chi connectivity index (χ1v) is 7.86. The highest BCUT2D eigenvalue weighted by atomic mass is 14.9. The van der Waals surface area contributed by atoms with E-state index in [1.165, 1.54) is 51.4 Å². The zero-order chi connectivity index (χ0) is 12.3. The van der Waals surface area contributed by atoms with Crippen molar-refractivity contribution in [3.8, 4) is 0 Å². The van der Waals surface area contributed by atoms with E-state index in [9.17, 15) is 0 Å². The van der Waals surface area contributed by atoms with Crippen molar-refractivity contribution in [1.29, 1.82) is 0 Å². The molecule has 2 fully saturated rings. The Morgan fingerprint density at radius 2 is 1.53 bits per heavy atom. The normalized spacial score (nSPS) is 28.4. The predicted molar refractivity (Wildman–Crippen MR) is 75.2 cm³/mol. The largest absolute Gasteiger partial charge is 0.314 e. The molecule has 1 N–H and O–H groups in total. The summed E-state index contributed by atoms with van der Waals surface area (Å²) < 4.78 is 0. The van der Waals surface area contributed by atoms with Crippen LogP contribution in [-0.2, 0) is 0 Å². The van der Waals surface area contributed by atoms with Crippen LogP contribution >= 0.6 is 0 Å². The summed E-state index contributed by atoms with van der Waals surface area (Å²) in [6.45, 7) is 8.32. The lowest BCUT2D eigenvalue weighted by atomic mass is 9.69. The van der Waals surface area contributed by atoms with Gasteiger partial charge in [-0.15, -0.1) is 0 Å². The van der Waals surface area contributed by atoms with Crippen molar-refractivity contribution in [1.82, 2.24) is 5.32 Å². The molecule has 2 saturated carbocycles. The summed E-state index contributed by atoms with van der Waals surface area (Å²) in [6.07, 6.45) is 11.7. The van der Waals surface area contributed by atoms with Crippen LogP contribution in [0.15, 0.2) is 0 Å². The molecule has 0 saturated heterocycles. The van der Waals surface area contributed by atoms with E-state index in [4.69, 9.17) is 0 Å². The molecule has 0 spiro atoms. The summed E-state index contributed by atoms with van der Waals surface area (Å²) in [5.74, 6) is 1.95. The molecule has 0 aliphatic heterocycles. The average molecular weight is 237 g/mol. The van der Waals surface area contributed by atoms with Crippen LogP contribution in [0.1, 0.15) is 72.1 Å². The zero-order valence-corrected chi connectivity index (χ0v) is 12.1. The Bertz CT molecular complexity index is 218. The van der Waals surface area contributed by atoms with Crippen molar-refractivity contribution >= 4 is 0 Å². The minimum atomic E-state index is 0.614. The molecular formula is C16H31N. The summed E-state index contributed by atoms with van der Waals surface area (Å²) in [5.41, 5.74) is 0.614. The van der Waals surface area contributed by atoms with Crippen LogP contribution in [0.25, 0.3) is 0 Å². The Hall–Kier alpha value is -0.0400. The van der Waals surface area contributed by atoms with Crippen LogP contribution < -0.4 is 5.32 Å². The number of nitrogens with one attached hydrogen (secondary N) is 1. The quantitative estimate of drug-likeness (QED) is 0.765. The van der Waals surface area contributed by atoms with Gasteiger partial charge in [0.25, 0.3) is 0 Å². The first-order chi connectivity index (χ1) is 8.12. The molecule has 1 unspecified atom stereocenters. The molecule has 1 atom stereocenters. The third kappa shape index (κ3) is 3.47. The standard InChI is InChI=1S/C16H31N/c1-4-17-15(13-7-5-6-8-13)14-9-11-16(2,3)12-10-14/h13-15,17H,4-12H2,1-3H3. The highest BCUT2D eigenvalue weighted by molar-refractivity contribution is 4.90. The lowest BCUT2D eigenvalue weighted by molar-refractivity contribution is 0.137. The summed E-state index contributed by atoms with van der Waals surface area (Å²) >= 11 is 0. The molecule has 0 heterocycles. The molecule has 2 aliphatic carbocycles. The summed E-state index contributed by atoms with van der Waals surface area (Å²) in [6, 6.07) is 0.832. The van der Waals surface area contributed by atoms with Gasteiger partial charge in [-0.2, -0.15) is 0 Å². The second-order valence-corrected chi connectivity index (χ2v) is 7.13. The zero-order valence-electron chi connectivity index (χ0n) is 12.1. The maximum absolute atomic E-state index is 3.82. The summed E-state index contributed by atoms with van der Waals surface area (Å²) in [7, 11) is 0. The first kappa shape index (κ1) is 13.4. The van der Waals surface area contributed by atoms with Crippen LogP contribution in [0.2, 0.25) is 0 Å². The van der Waals surface area contributed by atoms with Gasteiger partial charge in [0.15, 0.2) is 0 Å². The van der Waals surface area contributed by atoms with E-state index in [0.717, 1.165) is 24.4 Å². The maximum Gasteiger partial charge on any atom is 0.0123 e. The molecule has 0 aromatic carbocycles. The highest BCUT2D eigenvalue weighted by Gasteiger charge is 2.35. The SMILES string of the molecule is CCNC(C1CCCC1)C1CCC(C)(C)CC1. The molecule has 0 radical (unpaired) electrons. The fourth-order valence-electron chi connectivity index (χ4n) is 4.05. The Kier molecular flexibility index (Phi) is 4.52. The van der Waals surface area contributed by atoms with E-state index < -0.39 is 0 Å². The molecule has 1 heteroatoms. The smallest absolute Gasteiger partial charge is 0.0123 e. The molecule has 0 aromatic rings. The number of rotatable bonds is 4. The van der Waals surface area contributed by atoms with Crippen molar-refractivity contribution in [2.24, 2.45) is 17.3 Å². The van der Waals surface area contributed by atoms with Gasteiger partial charge in [-0.05, 0) is 62.3 Å². The minimum absolute atomic E-state index is 0.614. The van der Waals surface area contributed by atoms with Gasteiger partial charge in [0.2, 0.25) is 0 Å². The topological polar surface area (TPSA) is 12.0 Å². The van der Waals surface area contributed by atoms with Crippen LogP contribution in [0.4, 0.5) is 0 Å². The number of hydrogen-bond acceptors (Lipinski definition) is 1. The average Bonchev–Trinajstić information content (AvgIpc) is 2.80. The molecule has 2 rings (SSSR count). The monoisotopic (exact) mass is 237 g/mol. The third-order valence-electron chi connectivity index (χ3n) is 5.24. The van der Waals surface area contributed by atoms with Crippen molar-refractivity contribution in [3.05, 3.63) is 0 Å². The van der Waals surface area contributed by atoms with Gasteiger partial charge < -0.3 is 5.32 Å². The second-order valence-electron chi connectivity index (χ2n) is 7.13. The maximum atomic E-state index is 3.82. The van der Waals surface area contributed by atoms with E-state index in [0.29, 0.717) is 5.41 Å². The Balaban J connectivity index is 1.92. The Labute approximate surface area is 108 Å². The van der Waals surface area contributed by atoms with Crippen LogP contribution in [0, 0.1) is 17.3 Å². The van der Waals surface area contributed by atoms with E-state index in [-0.39, 0.29) is 0 Å². The molecular weight excluding hydrogens is 206 g/mol. The summed E-state index contributed by atoms with van der Waals surface area (Å²) in [5, 5.41) is 3.82. The summed E-state index contributed by atoms with van der Waals surface area (Å²) in [4.78, 5) is 0. The highest BCUT2D eigenvalue weighted by Crippen LogP contribution is 2.42. The molecule has 1 nitrogen and oxygen atoms in total. The van der Waals surface area contributed by atoms with E-state index in [1.54, 1.807) is 0 Å². The van der Waals surface area contributed by atoms with Gasteiger partial charge in [-0.25, -0.2) is 0 Å². The van der Waals surface area contributed by atoms with Crippen LogP contribution in [0.5, 0.6) is 0 Å². The lowest BCUT2D eigenvalue weighted by Crippen LogP contribution is -2.43. The minimum Gasteiger partial charge on any atom is -0.314 e. The van der Waals surface area contributed by atoms with E-state index in [2.05, 4.69) is 26.1 Å². The van der Waals surface area contributed by atoms with Gasteiger partial charge in [0.05, 0.1) is 0 Å². The van der Waals surface area contributed by atoms with Gasteiger partial charge in [-0.3, -0.25) is 0 Å². The van der Waals surface area contributed by atoms with E-state index in [1.807, 2.05) is 0 Å². The molecule has 0 bridgehead atoms. The van der Waals surface area contributed by atoms with Gasteiger partial charge in [0, 0.05) is 6.04 Å². The second kappa shape index (κ2) is 5.73. The molecule has 17 heavy (non-hydrogen) atoms. The van der Waals surface area contributed by atoms with Crippen molar-refractivity contribution in [3.63, 3.8) is 0 Å². The van der Waals surface area contributed by atoms with Crippen molar-refractivity contribution < 1.29 is 0 Å². The predicted octanol–water partition coefficient (Wildman–Crippen LogP) is 4.37. The molecule has 2 aliphatic rings. The van der Waals surface area contributed by atoms with Crippen molar-refractivity contribution in [2.75, 3.05) is 6.54 Å².